The number of fused-ring (bicyclic) bond motifs is 1. The van der Waals surface area contributed by atoms with Gasteiger partial charge in [0.1, 0.15) is 5.78 Å². The number of benzene rings is 1. The molecule has 3 nitrogen and oxygen atoms in total. The third-order valence-electron chi connectivity index (χ3n) is 6.52. The van der Waals surface area contributed by atoms with E-state index in [1.165, 1.54) is 54.4 Å². The van der Waals surface area contributed by atoms with Gasteiger partial charge in [-0.05, 0) is 66.0 Å². The third-order valence-corrected chi connectivity index (χ3v) is 6.52. The average Bonchev–Trinajstić information content (AvgIpc) is 3.17. The summed E-state index contributed by atoms with van der Waals surface area (Å²) in [6.45, 7) is 1.89. The summed E-state index contributed by atoms with van der Waals surface area (Å²) in [5.41, 5.74) is 7.26. The van der Waals surface area contributed by atoms with Crippen LogP contribution >= 0.6 is 0 Å². The zero-order chi connectivity index (χ0) is 19.0. The maximum atomic E-state index is 12.1. The minimum absolute atomic E-state index is 0.0646. The molecule has 1 saturated carbocycles. The van der Waals surface area contributed by atoms with Gasteiger partial charge in [0.2, 0.25) is 0 Å². The van der Waals surface area contributed by atoms with Gasteiger partial charge in [-0.1, -0.05) is 37.8 Å². The van der Waals surface area contributed by atoms with E-state index in [1.54, 1.807) is 4.57 Å². The Hall–Kier alpha value is -2.16. The summed E-state index contributed by atoms with van der Waals surface area (Å²) in [4.78, 5) is 24.1. The fraction of sp³-hybridized carbons (Fsp3) is 0.500. The smallest absolute Gasteiger partial charge is 0.253 e. The number of aromatic nitrogens is 1. The van der Waals surface area contributed by atoms with Crippen molar-refractivity contribution in [2.75, 3.05) is 0 Å². The first-order chi connectivity index (χ1) is 13.0. The normalized spacial score (nSPS) is 17.3. The van der Waals surface area contributed by atoms with E-state index >= 15 is 0 Å². The predicted molar refractivity (Wildman–Crippen MR) is 109 cm³/mol. The van der Waals surface area contributed by atoms with Crippen LogP contribution in [0.3, 0.4) is 0 Å². The van der Waals surface area contributed by atoms with Crippen molar-refractivity contribution in [3.63, 3.8) is 0 Å². The Morgan fingerprint density at radius 1 is 1.11 bits per heavy atom. The van der Waals surface area contributed by atoms with Crippen LogP contribution in [0.15, 0.2) is 29.2 Å². The van der Waals surface area contributed by atoms with Crippen molar-refractivity contribution in [2.24, 2.45) is 13.0 Å². The first kappa shape index (κ1) is 18.2. The largest absolute Gasteiger partial charge is 0.318 e. The van der Waals surface area contributed by atoms with E-state index in [4.69, 9.17) is 0 Å². The lowest BCUT2D eigenvalue weighted by atomic mass is 9.81. The van der Waals surface area contributed by atoms with Crippen molar-refractivity contribution >= 4 is 5.78 Å². The lowest BCUT2D eigenvalue weighted by Gasteiger charge is -2.23. The molecule has 0 spiro atoms. The summed E-state index contributed by atoms with van der Waals surface area (Å²) in [6.07, 6.45) is 11.9. The lowest BCUT2D eigenvalue weighted by molar-refractivity contribution is -0.118. The minimum atomic E-state index is 0.0646. The number of pyridine rings is 1. The zero-order valence-electron chi connectivity index (χ0n) is 16.5. The molecule has 3 heteroatoms. The number of aryl methyl sites for hydroxylation is 2. The summed E-state index contributed by atoms with van der Waals surface area (Å²) in [6, 6.07) is 6.35. The van der Waals surface area contributed by atoms with Crippen LogP contribution in [0.2, 0.25) is 0 Å². The third kappa shape index (κ3) is 3.65. The monoisotopic (exact) mass is 363 g/mol. The number of nitrogens with zero attached hydrogens (tertiary/aromatic N) is 1. The highest BCUT2D eigenvalue weighted by molar-refractivity contribution is 5.84. The van der Waals surface area contributed by atoms with E-state index < -0.39 is 0 Å². The van der Waals surface area contributed by atoms with E-state index in [0.29, 0.717) is 18.6 Å². The summed E-state index contributed by atoms with van der Waals surface area (Å²) < 4.78 is 1.69. The van der Waals surface area contributed by atoms with Gasteiger partial charge in [0, 0.05) is 31.6 Å². The van der Waals surface area contributed by atoms with Crippen LogP contribution in [-0.2, 0) is 31.1 Å². The van der Waals surface area contributed by atoms with Crippen molar-refractivity contribution in [3.05, 3.63) is 57.0 Å². The number of Topliss-reactive ketones (excluding diaryl/α,β-unsaturated/α-hetero) is 1. The zero-order valence-corrected chi connectivity index (χ0v) is 16.5. The van der Waals surface area contributed by atoms with Crippen LogP contribution < -0.4 is 5.56 Å². The van der Waals surface area contributed by atoms with Gasteiger partial charge >= 0.3 is 0 Å². The maximum Gasteiger partial charge on any atom is 0.253 e. The molecule has 0 N–H and O–H groups in total. The molecule has 27 heavy (non-hydrogen) atoms. The molecule has 0 aliphatic heterocycles. The highest BCUT2D eigenvalue weighted by Crippen LogP contribution is 2.35. The van der Waals surface area contributed by atoms with Gasteiger partial charge < -0.3 is 4.57 Å². The van der Waals surface area contributed by atoms with Crippen molar-refractivity contribution in [1.82, 2.24) is 4.57 Å². The van der Waals surface area contributed by atoms with Crippen molar-refractivity contribution < 1.29 is 4.79 Å². The number of hydrogen-bond donors (Lipinski definition) is 0. The van der Waals surface area contributed by atoms with E-state index in [0.717, 1.165) is 29.9 Å². The molecule has 0 amide bonds. The quantitative estimate of drug-likeness (QED) is 0.800. The molecule has 0 bridgehead atoms. The van der Waals surface area contributed by atoms with E-state index in [1.807, 2.05) is 26.2 Å². The second-order valence-corrected chi connectivity index (χ2v) is 8.46. The molecule has 1 aromatic carbocycles. The standard InChI is InChI=1S/C24H29NO2/c1-16-13-19(15-25(2)24(16)27)22-11-8-18-14-20(26)9-12-21(18)23(22)10-7-17-5-3-4-6-17/h8,11,13,15,17H,3-7,9-10,12,14H2,1-2H3. The molecule has 4 rings (SSSR count). The fourth-order valence-corrected chi connectivity index (χ4v) is 5.01. The van der Waals surface area contributed by atoms with Crippen molar-refractivity contribution in [3.8, 4) is 11.1 Å². The first-order valence-corrected chi connectivity index (χ1v) is 10.4. The predicted octanol–water partition coefficient (Wildman–Crippen LogP) is 4.54. The van der Waals surface area contributed by atoms with Crippen LogP contribution in [0.4, 0.5) is 0 Å². The first-order valence-electron chi connectivity index (χ1n) is 10.4. The minimum Gasteiger partial charge on any atom is -0.318 e. The summed E-state index contributed by atoms with van der Waals surface area (Å²) >= 11 is 0. The van der Waals surface area contributed by atoms with Crippen LogP contribution in [0.1, 0.15) is 60.8 Å². The van der Waals surface area contributed by atoms with Crippen LogP contribution in [-0.4, -0.2) is 10.4 Å². The lowest BCUT2D eigenvalue weighted by Crippen LogP contribution is -2.19. The van der Waals surface area contributed by atoms with Crippen molar-refractivity contribution in [1.29, 1.82) is 0 Å². The number of hydrogen-bond acceptors (Lipinski definition) is 2. The number of ketones is 1. The molecular formula is C24H29NO2. The van der Waals surface area contributed by atoms with E-state index in [-0.39, 0.29) is 5.56 Å². The molecule has 1 aromatic heterocycles. The molecular weight excluding hydrogens is 334 g/mol. The van der Waals surface area contributed by atoms with Crippen molar-refractivity contribution in [2.45, 2.75) is 64.7 Å². The Kier molecular flexibility index (Phi) is 5.03. The molecule has 2 aliphatic rings. The van der Waals surface area contributed by atoms with Crippen LogP contribution in [0.5, 0.6) is 0 Å². The summed E-state index contributed by atoms with van der Waals surface area (Å²) in [5, 5.41) is 0. The molecule has 1 fully saturated rings. The van der Waals surface area contributed by atoms with Gasteiger partial charge in [0.15, 0.2) is 0 Å². The Morgan fingerprint density at radius 2 is 1.89 bits per heavy atom. The average molecular weight is 364 g/mol. The molecule has 0 atom stereocenters. The topological polar surface area (TPSA) is 39.1 Å². The molecule has 142 valence electrons. The highest BCUT2D eigenvalue weighted by atomic mass is 16.1. The van der Waals surface area contributed by atoms with Gasteiger partial charge in [-0.25, -0.2) is 0 Å². The Balaban J connectivity index is 1.78. The fourth-order valence-electron chi connectivity index (χ4n) is 5.01. The number of carbonyl (C=O) groups excluding carboxylic acids is 1. The molecule has 0 unspecified atom stereocenters. The van der Waals surface area contributed by atoms with Crippen LogP contribution in [0, 0.1) is 12.8 Å². The molecule has 0 saturated heterocycles. The highest BCUT2D eigenvalue weighted by Gasteiger charge is 2.23. The number of carbonyl (C=O) groups is 1. The van der Waals surface area contributed by atoms with Gasteiger partial charge in [-0.15, -0.1) is 0 Å². The molecule has 2 aromatic rings. The second-order valence-electron chi connectivity index (χ2n) is 8.46. The van der Waals surface area contributed by atoms with Gasteiger partial charge in [0.25, 0.3) is 5.56 Å². The summed E-state index contributed by atoms with van der Waals surface area (Å²) in [7, 11) is 1.83. The van der Waals surface area contributed by atoms with E-state index in [9.17, 15) is 9.59 Å². The van der Waals surface area contributed by atoms with Gasteiger partial charge in [0.05, 0.1) is 0 Å². The SMILES string of the molecule is Cc1cc(-c2ccc3c(c2CCC2CCCC2)CCC(=O)C3)cn(C)c1=O. The maximum absolute atomic E-state index is 12.1. The van der Waals surface area contributed by atoms with Gasteiger partial charge in [-0.2, -0.15) is 0 Å². The van der Waals surface area contributed by atoms with E-state index in [2.05, 4.69) is 12.1 Å². The number of rotatable bonds is 4. The second kappa shape index (κ2) is 7.46. The molecule has 1 heterocycles. The molecule has 0 radical (unpaired) electrons. The molecule has 2 aliphatic carbocycles. The van der Waals surface area contributed by atoms with Crippen LogP contribution in [0.25, 0.3) is 11.1 Å². The summed E-state index contributed by atoms with van der Waals surface area (Å²) in [5.74, 6) is 1.20. The van der Waals surface area contributed by atoms with Gasteiger partial charge in [-0.3, -0.25) is 9.59 Å². The Morgan fingerprint density at radius 3 is 2.63 bits per heavy atom. The Bertz CT molecular complexity index is 906. The Labute approximate surface area is 161 Å².